The molecule has 1 saturated heterocycles. The lowest BCUT2D eigenvalue weighted by atomic mass is 9.80. The quantitative estimate of drug-likeness (QED) is 0.525. The highest BCUT2D eigenvalue weighted by atomic mass is 19.4. The summed E-state index contributed by atoms with van der Waals surface area (Å²) in [6.45, 7) is 5.74. The molecule has 1 saturated carbocycles. The summed E-state index contributed by atoms with van der Waals surface area (Å²) in [6, 6.07) is 10.3. The van der Waals surface area contributed by atoms with Crippen LogP contribution in [-0.2, 0) is 25.8 Å². The van der Waals surface area contributed by atoms with E-state index in [0.717, 1.165) is 25.7 Å². The first-order valence-corrected chi connectivity index (χ1v) is 12.3. The summed E-state index contributed by atoms with van der Waals surface area (Å²) in [6.07, 6.45) is -0.795. The molecule has 2 heterocycles. The highest BCUT2D eigenvalue weighted by Gasteiger charge is 2.52. The van der Waals surface area contributed by atoms with E-state index in [1.54, 1.807) is 0 Å². The highest BCUT2D eigenvalue weighted by molar-refractivity contribution is 6.39. The number of oxime groups is 1. The number of alkyl halides is 3. The van der Waals surface area contributed by atoms with Crippen LogP contribution in [0.25, 0.3) is 0 Å². The first-order valence-electron chi connectivity index (χ1n) is 12.3. The van der Waals surface area contributed by atoms with Crippen LogP contribution in [0.15, 0.2) is 35.5 Å². The fourth-order valence-corrected chi connectivity index (χ4v) is 4.52. The normalized spacial score (nSPS) is 23.5. The zero-order valence-electron chi connectivity index (χ0n) is 20.9. The van der Waals surface area contributed by atoms with Crippen LogP contribution in [0, 0.1) is 5.92 Å². The lowest BCUT2D eigenvalue weighted by molar-refractivity contribution is -0.192. The standard InChI is InChI=1S/C23H32N4O3.C2HF3O2/c1-16(2)25-21(28)19-13-23(30-26-19)15-27(22(29)18-9-6-10-18)12-11-20(23)24-14-17-7-4-3-5-8-17;3-2(4,5)1(6)7/h3-5,7-8,16,18,20,24H,6,9-15H2,1-2H3,(H,25,28);(H,6,7). The first kappa shape index (κ1) is 28.4. The monoisotopic (exact) mass is 526 g/mol. The van der Waals surface area contributed by atoms with Crippen LogP contribution in [0.5, 0.6) is 0 Å². The molecule has 0 aromatic heterocycles. The molecule has 1 aromatic rings. The summed E-state index contributed by atoms with van der Waals surface area (Å²) < 4.78 is 31.7. The smallest absolute Gasteiger partial charge is 0.475 e. The number of carboxylic acids is 1. The van der Waals surface area contributed by atoms with Crippen LogP contribution in [0.2, 0.25) is 0 Å². The van der Waals surface area contributed by atoms with Gasteiger partial charge < -0.3 is 25.5 Å². The number of carboxylic acid groups (broad SMARTS) is 1. The molecule has 1 spiro atoms. The molecule has 0 bridgehead atoms. The number of aliphatic carboxylic acids is 1. The molecule has 2 atom stereocenters. The fraction of sp³-hybridized carbons (Fsp3) is 0.600. The number of nitrogens with one attached hydrogen (secondary N) is 2. The molecular formula is C25H33F3N4O5. The van der Waals surface area contributed by atoms with Gasteiger partial charge in [-0.3, -0.25) is 9.59 Å². The van der Waals surface area contributed by atoms with Crippen molar-refractivity contribution >= 4 is 23.5 Å². The maximum absolute atomic E-state index is 12.9. The van der Waals surface area contributed by atoms with Gasteiger partial charge in [-0.25, -0.2) is 4.79 Å². The largest absolute Gasteiger partial charge is 0.490 e. The van der Waals surface area contributed by atoms with Crippen LogP contribution in [0.4, 0.5) is 13.2 Å². The van der Waals surface area contributed by atoms with Crippen LogP contribution >= 0.6 is 0 Å². The number of likely N-dealkylation sites (tertiary alicyclic amines) is 1. The Morgan fingerprint density at radius 1 is 1.19 bits per heavy atom. The number of rotatable bonds is 6. The Bertz CT molecular complexity index is 998. The average molecular weight is 527 g/mol. The van der Waals surface area contributed by atoms with E-state index in [0.29, 0.717) is 31.8 Å². The molecule has 2 aliphatic heterocycles. The van der Waals surface area contributed by atoms with Gasteiger partial charge >= 0.3 is 12.1 Å². The maximum Gasteiger partial charge on any atom is 0.490 e. The van der Waals surface area contributed by atoms with Crippen molar-refractivity contribution in [2.24, 2.45) is 11.1 Å². The third-order valence-electron chi connectivity index (χ3n) is 6.67. The summed E-state index contributed by atoms with van der Waals surface area (Å²) in [4.78, 5) is 42.2. The predicted octanol–water partition coefficient (Wildman–Crippen LogP) is 2.85. The molecule has 12 heteroatoms. The van der Waals surface area contributed by atoms with Crippen molar-refractivity contribution in [1.82, 2.24) is 15.5 Å². The summed E-state index contributed by atoms with van der Waals surface area (Å²) >= 11 is 0. The summed E-state index contributed by atoms with van der Waals surface area (Å²) in [5.74, 6) is -2.56. The van der Waals surface area contributed by atoms with Gasteiger partial charge in [-0.05, 0) is 38.7 Å². The van der Waals surface area contributed by atoms with E-state index in [2.05, 4.69) is 27.9 Å². The molecule has 9 nitrogen and oxygen atoms in total. The molecule has 1 aliphatic carbocycles. The molecule has 0 radical (unpaired) electrons. The third-order valence-corrected chi connectivity index (χ3v) is 6.67. The Morgan fingerprint density at radius 2 is 1.84 bits per heavy atom. The number of amides is 2. The van der Waals surface area contributed by atoms with Gasteiger partial charge in [0, 0.05) is 31.5 Å². The number of hydrogen-bond acceptors (Lipinski definition) is 6. The lowest BCUT2D eigenvalue weighted by Crippen LogP contribution is -2.63. The second-order valence-corrected chi connectivity index (χ2v) is 9.90. The van der Waals surface area contributed by atoms with Crippen LogP contribution in [0.1, 0.15) is 51.5 Å². The van der Waals surface area contributed by atoms with Gasteiger partial charge in [0.1, 0.15) is 5.71 Å². The minimum absolute atomic E-state index is 0.0104. The van der Waals surface area contributed by atoms with Crippen molar-refractivity contribution < 1.29 is 37.5 Å². The SMILES string of the molecule is CC(C)NC(=O)C1=NOC2(C1)CN(C(=O)C1CCC1)CCC2NCc1ccccc1.O=C(O)C(F)(F)F. The zero-order chi connectivity index (χ0) is 27.2. The number of halogens is 3. The predicted molar refractivity (Wildman–Crippen MR) is 128 cm³/mol. The number of benzene rings is 1. The molecule has 3 aliphatic rings. The first-order chi connectivity index (χ1) is 17.4. The molecule has 4 rings (SSSR count). The van der Waals surface area contributed by atoms with Crippen LogP contribution < -0.4 is 10.6 Å². The van der Waals surface area contributed by atoms with Crippen molar-refractivity contribution in [1.29, 1.82) is 0 Å². The van der Waals surface area contributed by atoms with Crippen LogP contribution in [0.3, 0.4) is 0 Å². The van der Waals surface area contributed by atoms with Crippen molar-refractivity contribution in [3.05, 3.63) is 35.9 Å². The average Bonchev–Trinajstić information content (AvgIpc) is 3.21. The molecule has 37 heavy (non-hydrogen) atoms. The van der Waals surface area contributed by atoms with Gasteiger partial charge in [0.25, 0.3) is 5.91 Å². The molecular weight excluding hydrogens is 493 g/mol. The minimum atomic E-state index is -5.08. The minimum Gasteiger partial charge on any atom is -0.475 e. The fourth-order valence-electron chi connectivity index (χ4n) is 4.52. The van der Waals surface area contributed by atoms with Crippen LogP contribution in [-0.4, -0.2) is 70.5 Å². The van der Waals surface area contributed by atoms with E-state index >= 15 is 0 Å². The molecule has 3 N–H and O–H groups in total. The Labute approximate surface area is 213 Å². The summed E-state index contributed by atoms with van der Waals surface area (Å²) in [7, 11) is 0. The Morgan fingerprint density at radius 3 is 2.38 bits per heavy atom. The van der Waals surface area contributed by atoms with Crippen molar-refractivity contribution in [3.63, 3.8) is 0 Å². The van der Waals surface area contributed by atoms with E-state index in [-0.39, 0.29) is 29.8 Å². The maximum atomic E-state index is 12.9. The second-order valence-electron chi connectivity index (χ2n) is 9.90. The topological polar surface area (TPSA) is 120 Å². The molecule has 204 valence electrons. The summed E-state index contributed by atoms with van der Waals surface area (Å²) in [5, 5.41) is 17.8. The molecule has 2 fully saturated rings. The summed E-state index contributed by atoms with van der Waals surface area (Å²) in [5.41, 5.74) is 0.904. The molecule has 2 unspecified atom stereocenters. The van der Waals surface area contributed by atoms with Gasteiger partial charge in [-0.15, -0.1) is 0 Å². The van der Waals surface area contributed by atoms with Gasteiger partial charge in [0.2, 0.25) is 5.91 Å². The van der Waals surface area contributed by atoms with Gasteiger partial charge in [0.05, 0.1) is 12.6 Å². The van der Waals surface area contributed by atoms with E-state index in [1.165, 1.54) is 5.56 Å². The van der Waals surface area contributed by atoms with Gasteiger partial charge in [0.15, 0.2) is 5.60 Å². The number of piperidine rings is 1. The van der Waals surface area contributed by atoms with Gasteiger partial charge in [-0.1, -0.05) is 41.9 Å². The van der Waals surface area contributed by atoms with E-state index in [1.807, 2.05) is 36.9 Å². The van der Waals surface area contributed by atoms with Crippen molar-refractivity contribution in [2.45, 2.75) is 76.4 Å². The molecule has 1 aromatic carbocycles. The number of nitrogens with zero attached hydrogens (tertiary/aromatic N) is 2. The zero-order valence-corrected chi connectivity index (χ0v) is 20.9. The second kappa shape index (κ2) is 11.9. The molecule has 2 amide bonds. The lowest BCUT2D eigenvalue weighted by Gasteiger charge is -2.45. The van der Waals surface area contributed by atoms with E-state index < -0.39 is 17.7 Å². The Balaban J connectivity index is 0.000000479. The van der Waals surface area contributed by atoms with Crippen molar-refractivity contribution in [2.75, 3.05) is 13.1 Å². The van der Waals surface area contributed by atoms with E-state index in [9.17, 15) is 22.8 Å². The number of hydrogen-bond donors (Lipinski definition) is 3. The number of carbonyl (C=O) groups excluding carboxylic acids is 2. The Hall–Kier alpha value is -3.15. The van der Waals surface area contributed by atoms with Crippen molar-refractivity contribution in [3.8, 4) is 0 Å². The Kier molecular flexibility index (Phi) is 9.16. The highest BCUT2D eigenvalue weighted by Crippen LogP contribution is 2.37. The van der Waals surface area contributed by atoms with E-state index in [4.69, 9.17) is 14.7 Å². The third kappa shape index (κ3) is 7.43. The number of carbonyl (C=O) groups is 3. The van der Waals surface area contributed by atoms with Gasteiger partial charge in [-0.2, -0.15) is 13.2 Å².